The normalized spacial score (nSPS) is 12.9. The summed E-state index contributed by atoms with van der Waals surface area (Å²) >= 11 is 6.06. The third-order valence-corrected chi connectivity index (χ3v) is 6.69. The van der Waals surface area contributed by atoms with Crippen molar-refractivity contribution < 1.29 is 22.8 Å². The van der Waals surface area contributed by atoms with E-state index in [4.69, 9.17) is 20.9 Å². The van der Waals surface area contributed by atoms with Crippen molar-refractivity contribution in [2.24, 2.45) is 0 Å². The lowest BCUT2D eigenvalue weighted by Crippen LogP contribution is -2.13. The molecule has 1 aromatic heterocycles. The van der Waals surface area contributed by atoms with E-state index in [-0.39, 0.29) is 32.8 Å². The number of benzene rings is 3. The molecule has 0 spiro atoms. The fourth-order valence-electron chi connectivity index (χ4n) is 3.38. The number of aromatic hydroxyl groups is 1. The monoisotopic (exact) mass is 469 g/mol. The van der Waals surface area contributed by atoms with E-state index in [2.05, 4.69) is 14.9 Å². The number of hydrogen-bond donors (Lipinski definition) is 2. The molecule has 0 saturated heterocycles. The zero-order chi connectivity index (χ0) is 22.3. The SMILES string of the molecule is O=S(=O)(Nc1ccccc1Cl)c1ccc(O)c(-c2nc(-c3ccc4c(c3)CCO4)no2)c1. The Morgan fingerprint density at radius 3 is 2.75 bits per heavy atom. The van der Waals surface area contributed by atoms with Crippen LogP contribution in [0.25, 0.3) is 22.8 Å². The molecule has 10 heteroatoms. The summed E-state index contributed by atoms with van der Waals surface area (Å²) in [5, 5.41) is 14.6. The Bertz CT molecular complexity index is 1440. The van der Waals surface area contributed by atoms with Crippen LogP contribution in [0.4, 0.5) is 5.69 Å². The van der Waals surface area contributed by atoms with Gasteiger partial charge in [0.05, 0.1) is 27.8 Å². The van der Waals surface area contributed by atoms with E-state index in [1.54, 1.807) is 24.3 Å². The summed E-state index contributed by atoms with van der Waals surface area (Å²) < 4.78 is 39.0. The molecule has 32 heavy (non-hydrogen) atoms. The number of halogens is 1. The maximum absolute atomic E-state index is 12.9. The highest BCUT2D eigenvalue weighted by atomic mass is 35.5. The van der Waals surface area contributed by atoms with Crippen LogP contribution in [0.1, 0.15) is 5.56 Å². The van der Waals surface area contributed by atoms with Crippen LogP contribution in [-0.2, 0) is 16.4 Å². The molecule has 4 aromatic rings. The van der Waals surface area contributed by atoms with Gasteiger partial charge in [0.15, 0.2) is 0 Å². The van der Waals surface area contributed by atoms with Crippen molar-refractivity contribution in [3.8, 4) is 34.3 Å². The minimum atomic E-state index is -3.98. The number of fused-ring (bicyclic) bond motifs is 1. The second kappa shape index (κ2) is 7.85. The van der Waals surface area contributed by atoms with E-state index in [9.17, 15) is 13.5 Å². The molecule has 162 valence electrons. The molecule has 8 nitrogen and oxygen atoms in total. The largest absolute Gasteiger partial charge is 0.507 e. The number of rotatable bonds is 5. The molecule has 0 radical (unpaired) electrons. The van der Waals surface area contributed by atoms with Gasteiger partial charge in [-0.25, -0.2) is 8.42 Å². The van der Waals surface area contributed by atoms with Crippen LogP contribution in [0.15, 0.2) is 70.1 Å². The molecule has 2 heterocycles. The second-order valence-electron chi connectivity index (χ2n) is 7.11. The number of nitrogens with one attached hydrogen (secondary N) is 1. The van der Waals surface area contributed by atoms with Gasteiger partial charge in [0.25, 0.3) is 15.9 Å². The van der Waals surface area contributed by atoms with Gasteiger partial charge >= 0.3 is 0 Å². The molecule has 0 atom stereocenters. The fraction of sp³-hybridized carbons (Fsp3) is 0.0909. The third-order valence-electron chi connectivity index (χ3n) is 5.00. The first-order valence-corrected chi connectivity index (χ1v) is 11.5. The molecule has 0 amide bonds. The van der Waals surface area contributed by atoms with E-state index >= 15 is 0 Å². The highest BCUT2D eigenvalue weighted by Crippen LogP contribution is 2.34. The molecule has 3 aromatic carbocycles. The van der Waals surface area contributed by atoms with E-state index in [0.717, 1.165) is 23.3 Å². The van der Waals surface area contributed by atoms with Gasteiger partial charge in [-0.15, -0.1) is 0 Å². The lowest BCUT2D eigenvalue weighted by Gasteiger charge is -2.10. The number of phenolic OH excluding ortho intramolecular Hbond substituents is 1. The number of aromatic nitrogens is 2. The van der Waals surface area contributed by atoms with E-state index in [0.29, 0.717) is 12.4 Å². The Morgan fingerprint density at radius 2 is 1.91 bits per heavy atom. The first kappa shape index (κ1) is 20.3. The van der Waals surface area contributed by atoms with Gasteiger partial charge in [-0.05, 0) is 54.1 Å². The maximum Gasteiger partial charge on any atom is 0.262 e. The van der Waals surface area contributed by atoms with Crippen molar-refractivity contribution in [1.82, 2.24) is 10.1 Å². The highest BCUT2D eigenvalue weighted by molar-refractivity contribution is 7.92. The van der Waals surface area contributed by atoms with E-state index in [1.165, 1.54) is 18.2 Å². The number of phenols is 1. The molecular formula is C22H16ClN3O5S. The summed E-state index contributed by atoms with van der Waals surface area (Å²) in [5.74, 6) is 0.943. The third kappa shape index (κ3) is 3.76. The number of hydrogen-bond acceptors (Lipinski definition) is 7. The summed E-state index contributed by atoms with van der Waals surface area (Å²) in [6.45, 7) is 0.633. The summed E-state index contributed by atoms with van der Waals surface area (Å²) in [6.07, 6.45) is 0.799. The van der Waals surface area contributed by atoms with Crippen LogP contribution in [0.2, 0.25) is 5.02 Å². The summed E-state index contributed by atoms with van der Waals surface area (Å²) in [5.41, 5.74) is 2.11. The lowest BCUT2D eigenvalue weighted by molar-refractivity contribution is 0.357. The molecular weight excluding hydrogens is 454 g/mol. The Hall–Kier alpha value is -3.56. The van der Waals surface area contributed by atoms with Gasteiger partial charge in [-0.2, -0.15) is 4.98 Å². The minimum Gasteiger partial charge on any atom is -0.507 e. The van der Waals surface area contributed by atoms with Crippen LogP contribution in [0, 0.1) is 0 Å². The van der Waals surface area contributed by atoms with Gasteiger partial charge in [-0.3, -0.25) is 4.72 Å². The first-order valence-electron chi connectivity index (χ1n) is 9.61. The Kier molecular flexibility index (Phi) is 4.99. The van der Waals surface area contributed by atoms with Gasteiger partial charge in [-0.1, -0.05) is 28.9 Å². The lowest BCUT2D eigenvalue weighted by atomic mass is 10.1. The van der Waals surface area contributed by atoms with Crippen molar-refractivity contribution in [2.75, 3.05) is 11.3 Å². The molecule has 2 N–H and O–H groups in total. The van der Waals surface area contributed by atoms with E-state index < -0.39 is 10.0 Å². The smallest absolute Gasteiger partial charge is 0.262 e. The van der Waals surface area contributed by atoms with Crippen molar-refractivity contribution in [1.29, 1.82) is 0 Å². The van der Waals surface area contributed by atoms with Crippen LogP contribution in [-0.4, -0.2) is 30.3 Å². The average molecular weight is 470 g/mol. The van der Waals surface area contributed by atoms with Crippen LogP contribution in [0.3, 0.4) is 0 Å². The molecule has 5 rings (SSSR count). The minimum absolute atomic E-state index is 0.0101. The first-order chi connectivity index (χ1) is 15.4. The van der Waals surface area contributed by atoms with Crippen molar-refractivity contribution in [3.05, 3.63) is 71.2 Å². The maximum atomic E-state index is 12.9. The van der Waals surface area contributed by atoms with Gasteiger partial charge in [0.2, 0.25) is 5.82 Å². The molecule has 0 bridgehead atoms. The molecule has 1 aliphatic rings. The van der Waals surface area contributed by atoms with Crippen molar-refractivity contribution in [3.63, 3.8) is 0 Å². The summed E-state index contributed by atoms with van der Waals surface area (Å²) in [4.78, 5) is 4.25. The summed E-state index contributed by atoms with van der Waals surface area (Å²) in [6, 6.07) is 15.9. The van der Waals surface area contributed by atoms with E-state index in [1.807, 2.05) is 18.2 Å². The quantitative estimate of drug-likeness (QED) is 0.442. The van der Waals surface area contributed by atoms with Gasteiger partial charge in [0.1, 0.15) is 11.5 Å². The van der Waals surface area contributed by atoms with Gasteiger partial charge in [0, 0.05) is 12.0 Å². The molecule has 0 aliphatic carbocycles. The zero-order valence-corrected chi connectivity index (χ0v) is 18.0. The molecule has 0 fully saturated rings. The molecule has 0 saturated carbocycles. The predicted octanol–water partition coefficient (Wildman–Crippen LogP) is 4.50. The van der Waals surface area contributed by atoms with Crippen LogP contribution >= 0.6 is 11.6 Å². The average Bonchev–Trinajstić information content (AvgIpc) is 3.44. The Balaban J connectivity index is 1.48. The second-order valence-corrected chi connectivity index (χ2v) is 9.20. The molecule has 1 aliphatic heterocycles. The van der Waals surface area contributed by atoms with Crippen LogP contribution < -0.4 is 9.46 Å². The Morgan fingerprint density at radius 1 is 1.06 bits per heavy atom. The van der Waals surface area contributed by atoms with Gasteiger partial charge < -0.3 is 14.4 Å². The number of sulfonamides is 1. The standard InChI is InChI=1S/C22H16ClN3O5S/c23-17-3-1-2-4-18(17)26-32(28,29)15-6-7-19(27)16(12-15)22-24-21(25-31-22)14-5-8-20-13(11-14)9-10-30-20/h1-8,11-12,26-27H,9-10H2. The number of para-hydroxylation sites is 1. The molecule has 0 unspecified atom stereocenters. The number of nitrogens with zero attached hydrogens (tertiary/aromatic N) is 2. The zero-order valence-electron chi connectivity index (χ0n) is 16.4. The van der Waals surface area contributed by atoms with Crippen LogP contribution in [0.5, 0.6) is 11.5 Å². The van der Waals surface area contributed by atoms with Crippen molar-refractivity contribution >= 4 is 27.3 Å². The highest BCUT2D eigenvalue weighted by Gasteiger charge is 2.22. The Labute approximate surface area is 188 Å². The summed E-state index contributed by atoms with van der Waals surface area (Å²) in [7, 11) is -3.98. The fourth-order valence-corrected chi connectivity index (χ4v) is 4.72. The predicted molar refractivity (Wildman–Crippen MR) is 118 cm³/mol. The van der Waals surface area contributed by atoms with Crippen molar-refractivity contribution in [2.45, 2.75) is 11.3 Å². The number of anilines is 1. The topological polar surface area (TPSA) is 115 Å². The number of ether oxygens (including phenoxy) is 1.